The number of para-hydroxylation sites is 1. The van der Waals surface area contributed by atoms with Crippen LogP contribution in [0.4, 0.5) is 5.82 Å². The molecule has 1 unspecified atom stereocenters. The highest BCUT2D eigenvalue weighted by atomic mass is 16.3. The first-order chi connectivity index (χ1) is 11.7. The molecule has 1 atom stereocenters. The van der Waals surface area contributed by atoms with Crippen LogP contribution in [0, 0.1) is 13.5 Å². The SMILES string of the molecule is [C-]#[N+]C1=C(CCC)Nc2[nH]ncc2C1c1cccc2oc(C)nc12. The van der Waals surface area contributed by atoms with Gasteiger partial charge in [-0.2, -0.15) is 5.10 Å². The van der Waals surface area contributed by atoms with Gasteiger partial charge in [-0.1, -0.05) is 25.5 Å². The Morgan fingerprint density at radius 1 is 1.33 bits per heavy atom. The molecule has 1 aliphatic rings. The molecular formula is C18H17N5O. The van der Waals surface area contributed by atoms with E-state index in [9.17, 15) is 0 Å². The van der Waals surface area contributed by atoms with Gasteiger partial charge in [-0.25, -0.2) is 9.83 Å². The van der Waals surface area contributed by atoms with Gasteiger partial charge in [-0.05, 0) is 18.1 Å². The molecular weight excluding hydrogens is 302 g/mol. The Kier molecular flexibility index (Phi) is 3.35. The Bertz CT molecular complexity index is 988. The van der Waals surface area contributed by atoms with Crippen LogP contribution in [0.3, 0.4) is 0 Å². The third kappa shape index (κ3) is 2.09. The molecule has 1 aromatic carbocycles. The van der Waals surface area contributed by atoms with Gasteiger partial charge in [0.2, 0.25) is 0 Å². The number of aromatic nitrogens is 3. The molecule has 0 spiro atoms. The lowest BCUT2D eigenvalue weighted by Gasteiger charge is -2.26. The summed E-state index contributed by atoms with van der Waals surface area (Å²) in [6, 6.07) is 5.88. The minimum atomic E-state index is -0.188. The molecule has 3 aromatic rings. The van der Waals surface area contributed by atoms with E-state index in [0.717, 1.165) is 46.6 Å². The van der Waals surface area contributed by atoms with E-state index in [0.29, 0.717) is 11.6 Å². The van der Waals surface area contributed by atoms with E-state index in [2.05, 4.69) is 32.3 Å². The van der Waals surface area contributed by atoms with Crippen molar-refractivity contribution < 1.29 is 4.42 Å². The van der Waals surface area contributed by atoms with Gasteiger partial charge in [0.15, 0.2) is 17.2 Å². The van der Waals surface area contributed by atoms with Gasteiger partial charge >= 0.3 is 0 Å². The van der Waals surface area contributed by atoms with E-state index < -0.39 is 0 Å². The van der Waals surface area contributed by atoms with Crippen LogP contribution in [0.5, 0.6) is 0 Å². The predicted octanol–water partition coefficient (Wildman–Crippen LogP) is 4.35. The van der Waals surface area contributed by atoms with E-state index in [1.807, 2.05) is 25.1 Å². The zero-order chi connectivity index (χ0) is 16.7. The number of fused-ring (bicyclic) bond motifs is 2. The molecule has 6 nitrogen and oxygen atoms in total. The summed E-state index contributed by atoms with van der Waals surface area (Å²) in [4.78, 5) is 8.41. The van der Waals surface area contributed by atoms with Gasteiger partial charge in [0.25, 0.3) is 0 Å². The van der Waals surface area contributed by atoms with Crippen LogP contribution < -0.4 is 5.32 Å². The van der Waals surface area contributed by atoms with Crippen molar-refractivity contribution in [3.05, 3.63) is 64.2 Å². The number of anilines is 1. The van der Waals surface area contributed by atoms with E-state index in [4.69, 9.17) is 11.0 Å². The number of benzene rings is 1. The molecule has 2 aromatic heterocycles. The average molecular weight is 319 g/mol. The number of allylic oxidation sites excluding steroid dienone is 2. The van der Waals surface area contributed by atoms with Crippen molar-refractivity contribution in [3.8, 4) is 0 Å². The van der Waals surface area contributed by atoms with Crippen molar-refractivity contribution in [3.63, 3.8) is 0 Å². The van der Waals surface area contributed by atoms with Crippen LogP contribution in [-0.4, -0.2) is 15.2 Å². The fraction of sp³-hybridized carbons (Fsp3) is 0.278. The molecule has 3 heterocycles. The van der Waals surface area contributed by atoms with Gasteiger partial charge in [0.1, 0.15) is 11.3 Å². The highest BCUT2D eigenvalue weighted by molar-refractivity contribution is 5.80. The molecule has 0 aliphatic carbocycles. The van der Waals surface area contributed by atoms with Crippen molar-refractivity contribution >= 4 is 16.9 Å². The van der Waals surface area contributed by atoms with E-state index in [-0.39, 0.29) is 5.92 Å². The lowest BCUT2D eigenvalue weighted by molar-refractivity contribution is 0.561. The van der Waals surface area contributed by atoms with Crippen LogP contribution in [-0.2, 0) is 0 Å². The van der Waals surface area contributed by atoms with Crippen LogP contribution in [0.15, 0.2) is 40.2 Å². The molecule has 0 amide bonds. The molecule has 2 N–H and O–H groups in total. The van der Waals surface area contributed by atoms with Crippen LogP contribution in [0.1, 0.15) is 42.7 Å². The number of hydrogen-bond donors (Lipinski definition) is 2. The van der Waals surface area contributed by atoms with Crippen molar-refractivity contribution in [2.75, 3.05) is 5.32 Å². The molecule has 0 fully saturated rings. The maximum absolute atomic E-state index is 7.75. The second-order valence-electron chi connectivity index (χ2n) is 5.91. The molecule has 24 heavy (non-hydrogen) atoms. The number of oxazole rings is 1. The number of rotatable bonds is 3. The topological polar surface area (TPSA) is 71.1 Å². The minimum Gasteiger partial charge on any atom is -0.441 e. The zero-order valence-corrected chi connectivity index (χ0v) is 13.6. The summed E-state index contributed by atoms with van der Waals surface area (Å²) in [6.07, 6.45) is 3.57. The highest BCUT2D eigenvalue weighted by Crippen LogP contribution is 2.44. The molecule has 1 aliphatic heterocycles. The predicted molar refractivity (Wildman–Crippen MR) is 91.3 cm³/mol. The van der Waals surface area contributed by atoms with E-state index >= 15 is 0 Å². The number of nitrogens with zero attached hydrogens (tertiary/aromatic N) is 3. The number of hydrogen-bond acceptors (Lipinski definition) is 4. The van der Waals surface area contributed by atoms with Gasteiger partial charge in [-0.15, -0.1) is 0 Å². The number of aromatic amines is 1. The number of H-pyrrole nitrogens is 1. The lowest BCUT2D eigenvalue weighted by atomic mass is 9.85. The quantitative estimate of drug-likeness (QED) is 0.704. The van der Waals surface area contributed by atoms with Crippen LogP contribution in [0.2, 0.25) is 0 Å². The van der Waals surface area contributed by atoms with Gasteiger partial charge in [0, 0.05) is 18.2 Å². The Hall–Kier alpha value is -3.07. The van der Waals surface area contributed by atoms with Crippen LogP contribution in [0.25, 0.3) is 15.9 Å². The molecule has 4 rings (SSSR count). The lowest BCUT2D eigenvalue weighted by Crippen LogP contribution is -2.17. The molecule has 0 saturated carbocycles. The Morgan fingerprint density at radius 2 is 2.21 bits per heavy atom. The summed E-state index contributed by atoms with van der Waals surface area (Å²) in [7, 11) is 0. The van der Waals surface area contributed by atoms with Crippen molar-refractivity contribution in [2.24, 2.45) is 0 Å². The fourth-order valence-electron chi connectivity index (χ4n) is 3.35. The summed E-state index contributed by atoms with van der Waals surface area (Å²) in [5.41, 5.74) is 5.16. The van der Waals surface area contributed by atoms with Gasteiger partial charge in [0.05, 0.1) is 18.7 Å². The first-order valence-electron chi connectivity index (χ1n) is 7.99. The molecule has 0 saturated heterocycles. The van der Waals surface area contributed by atoms with E-state index in [1.54, 1.807) is 6.20 Å². The maximum atomic E-state index is 7.75. The first-order valence-corrected chi connectivity index (χ1v) is 7.99. The number of nitrogens with one attached hydrogen (secondary N) is 2. The van der Waals surface area contributed by atoms with Gasteiger partial charge < -0.3 is 9.73 Å². The Labute approximate surface area is 139 Å². The van der Waals surface area contributed by atoms with Crippen molar-refractivity contribution in [2.45, 2.75) is 32.6 Å². The minimum absolute atomic E-state index is 0.188. The first kappa shape index (κ1) is 14.5. The fourth-order valence-corrected chi connectivity index (χ4v) is 3.35. The molecule has 0 radical (unpaired) electrons. The molecule has 6 heteroatoms. The molecule has 120 valence electrons. The number of aryl methyl sites for hydroxylation is 1. The maximum Gasteiger partial charge on any atom is 0.196 e. The van der Waals surface area contributed by atoms with Crippen molar-refractivity contribution in [1.29, 1.82) is 0 Å². The summed E-state index contributed by atoms with van der Waals surface area (Å²) in [5, 5.41) is 10.5. The summed E-state index contributed by atoms with van der Waals surface area (Å²) in [6.45, 7) is 11.7. The Morgan fingerprint density at radius 3 is 3.00 bits per heavy atom. The Balaban J connectivity index is 1.99. The largest absolute Gasteiger partial charge is 0.441 e. The van der Waals surface area contributed by atoms with E-state index in [1.165, 1.54) is 0 Å². The summed E-state index contributed by atoms with van der Waals surface area (Å²) < 4.78 is 5.67. The summed E-state index contributed by atoms with van der Waals surface area (Å²) >= 11 is 0. The van der Waals surface area contributed by atoms with Crippen molar-refractivity contribution in [1.82, 2.24) is 15.2 Å². The summed E-state index contributed by atoms with van der Waals surface area (Å²) in [5.74, 6) is 1.29. The third-order valence-corrected chi connectivity index (χ3v) is 4.33. The standard InChI is InChI=1S/C18H17N5O/c1-4-6-13-17(19-3)15(12-9-20-23-18(12)22-13)11-7-5-8-14-16(11)21-10(2)24-14/h5,7-9,15H,4,6H2,1-2H3,(H2,20,22,23). The molecule has 0 bridgehead atoms. The zero-order valence-electron chi connectivity index (χ0n) is 13.6. The third-order valence-electron chi connectivity index (χ3n) is 4.33. The highest BCUT2D eigenvalue weighted by Gasteiger charge is 2.33. The second kappa shape index (κ2) is 5.53. The van der Waals surface area contributed by atoms with Gasteiger partial charge in [-0.3, -0.25) is 5.10 Å². The normalized spacial score (nSPS) is 16.8. The van der Waals surface area contributed by atoms with Crippen LogP contribution >= 0.6 is 0 Å². The second-order valence-corrected chi connectivity index (χ2v) is 5.91. The average Bonchev–Trinajstić information content (AvgIpc) is 3.18. The smallest absolute Gasteiger partial charge is 0.196 e. The monoisotopic (exact) mass is 319 g/mol.